The Balaban J connectivity index is 1.72. The van der Waals surface area contributed by atoms with Crippen LogP contribution >= 0.6 is 11.6 Å². The molecule has 0 atom stereocenters. The monoisotopic (exact) mass is 385 g/mol. The Hall–Kier alpha value is -3.32. The molecule has 1 aromatic carbocycles. The zero-order valence-electron chi connectivity index (χ0n) is 14.4. The Labute approximate surface area is 159 Å². The summed E-state index contributed by atoms with van der Waals surface area (Å²) in [7, 11) is 0. The number of hydrogen-bond acceptors (Lipinski definition) is 4. The number of pyridine rings is 1. The summed E-state index contributed by atoms with van der Waals surface area (Å²) in [6, 6.07) is 11.3. The van der Waals surface area contributed by atoms with Crippen LogP contribution in [0.25, 0.3) is 0 Å². The van der Waals surface area contributed by atoms with Crippen molar-refractivity contribution in [3.8, 4) is 0 Å². The van der Waals surface area contributed by atoms with Gasteiger partial charge in [0.1, 0.15) is 5.76 Å². The quantitative estimate of drug-likeness (QED) is 0.675. The Morgan fingerprint density at radius 1 is 1.07 bits per heavy atom. The third-order valence-electron chi connectivity index (χ3n) is 3.94. The summed E-state index contributed by atoms with van der Waals surface area (Å²) >= 11 is 6.13. The van der Waals surface area contributed by atoms with Gasteiger partial charge in [-0.2, -0.15) is 0 Å². The minimum absolute atomic E-state index is 0.214. The molecule has 0 bridgehead atoms. The van der Waals surface area contributed by atoms with Gasteiger partial charge in [0, 0.05) is 17.3 Å². The van der Waals surface area contributed by atoms with E-state index in [2.05, 4.69) is 10.9 Å². The van der Waals surface area contributed by atoms with Crippen molar-refractivity contribution in [1.82, 2.24) is 15.4 Å². The number of carbonyl (C=O) groups is 2. The second-order valence-electron chi connectivity index (χ2n) is 5.77. The third-order valence-corrected chi connectivity index (χ3v) is 4.31. The minimum atomic E-state index is -0.558. The van der Waals surface area contributed by atoms with E-state index in [0.29, 0.717) is 16.3 Å². The fraction of sp³-hybridized carbons (Fsp3) is 0.105. The van der Waals surface area contributed by atoms with Crippen LogP contribution in [0, 0.1) is 6.92 Å². The van der Waals surface area contributed by atoms with Gasteiger partial charge in [-0.25, -0.2) is 0 Å². The number of nitrogens with zero attached hydrogens (tertiary/aromatic N) is 1. The SMILES string of the molecule is Cc1occc1C(=O)NNC(=O)c1ccc(=O)n(Cc2ccccc2Cl)c1. The molecule has 2 aromatic heterocycles. The van der Waals surface area contributed by atoms with Gasteiger partial charge in [0.25, 0.3) is 17.4 Å². The van der Waals surface area contributed by atoms with Crippen LogP contribution in [0.5, 0.6) is 0 Å². The van der Waals surface area contributed by atoms with E-state index in [9.17, 15) is 14.4 Å². The van der Waals surface area contributed by atoms with Crippen molar-refractivity contribution in [2.75, 3.05) is 0 Å². The van der Waals surface area contributed by atoms with E-state index in [1.165, 1.54) is 35.2 Å². The van der Waals surface area contributed by atoms with Gasteiger partial charge in [-0.3, -0.25) is 25.2 Å². The van der Waals surface area contributed by atoms with Crippen molar-refractivity contribution in [3.05, 3.63) is 92.8 Å². The number of carbonyl (C=O) groups excluding carboxylic acids is 2. The molecule has 27 heavy (non-hydrogen) atoms. The molecule has 2 amide bonds. The molecule has 0 aliphatic rings. The normalized spacial score (nSPS) is 10.4. The Bertz CT molecular complexity index is 1050. The van der Waals surface area contributed by atoms with Crippen molar-refractivity contribution in [2.24, 2.45) is 0 Å². The largest absolute Gasteiger partial charge is 0.469 e. The molecule has 0 spiro atoms. The van der Waals surface area contributed by atoms with E-state index in [1.807, 2.05) is 6.07 Å². The molecule has 3 rings (SSSR count). The predicted molar refractivity (Wildman–Crippen MR) is 99.6 cm³/mol. The first-order valence-electron chi connectivity index (χ1n) is 8.04. The zero-order chi connectivity index (χ0) is 19.4. The average Bonchev–Trinajstić information content (AvgIpc) is 3.09. The second-order valence-corrected chi connectivity index (χ2v) is 6.18. The van der Waals surface area contributed by atoms with Crippen LogP contribution in [0.3, 0.4) is 0 Å². The van der Waals surface area contributed by atoms with Crippen LogP contribution in [0.1, 0.15) is 32.0 Å². The fourth-order valence-corrected chi connectivity index (χ4v) is 2.67. The summed E-state index contributed by atoms with van der Waals surface area (Å²) in [5, 5.41) is 0.530. The zero-order valence-corrected chi connectivity index (χ0v) is 15.1. The van der Waals surface area contributed by atoms with Gasteiger partial charge in [0.2, 0.25) is 0 Å². The number of furan rings is 1. The van der Waals surface area contributed by atoms with Crippen LogP contribution < -0.4 is 16.4 Å². The Morgan fingerprint density at radius 3 is 2.52 bits per heavy atom. The number of nitrogens with one attached hydrogen (secondary N) is 2. The van der Waals surface area contributed by atoms with Gasteiger partial charge in [-0.15, -0.1) is 0 Å². The summed E-state index contributed by atoms with van der Waals surface area (Å²) in [6.45, 7) is 1.86. The van der Waals surface area contributed by atoms with Crippen molar-refractivity contribution >= 4 is 23.4 Å². The highest BCUT2D eigenvalue weighted by Gasteiger charge is 2.14. The van der Waals surface area contributed by atoms with Crippen molar-refractivity contribution in [3.63, 3.8) is 0 Å². The maximum atomic E-state index is 12.3. The first kappa shape index (κ1) is 18.5. The molecule has 0 radical (unpaired) electrons. The van der Waals surface area contributed by atoms with E-state index in [-0.39, 0.29) is 17.7 Å². The van der Waals surface area contributed by atoms with Crippen molar-refractivity contribution in [2.45, 2.75) is 13.5 Å². The Morgan fingerprint density at radius 2 is 1.81 bits per heavy atom. The summed E-state index contributed by atoms with van der Waals surface area (Å²) in [5.41, 5.74) is 5.64. The van der Waals surface area contributed by atoms with E-state index in [4.69, 9.17) is 16.0 Å². The molecule has 2 heterocycles. The van der Waals surface area contributed by atoms with Gasteiger partial charge in [-0.05, 0) is 30.7 Å². The summed E-state index contributed by atoms with van der Waals surface area (Å²) in [5.74, 6) is -0.619. The van der Waals surface area contributed by atoms with Crippen LogP contribution in [-0.4, -0.2) is 16.4 Å². The van der Waals surface area contributed by atoms with Gasteiger partial charge in [-0.1, -0.05) is 29.8 Å². The molecule has 138 valence electrons. The van der Waals surface area contributed by atoms with Gasteiger partial charge >= 0.3 is 0 Å². The second kappa shape index (κ2) is 7.92. The lowest BCUT2D eigenvalue weighted by Gasteiger charge is -2.10. The third kappa shape index (κ3) is 4.27. The molecular weight excluding hydrogens is 370 g/mol. The highest BCUT2D eigenvalue weighted by molar-refractivity contribution is 6.31. The van der Waals surface area contributed by atoms with Crippen LogP contribution in [0.15, 0.2) is 64.1 Å². The van der Waals surface area contributed by atoms with Gasteiger partial charge in [0.05, 0.1) is 23.9 Å². The number of rotatable bonds is 4. The molecular formula is C19H16ClN3O4. The molecule has 0 fully saturated rings. The summed E-state index contributed by atoms with van der Waals surface area (Å²) < 4.78 is 6.42. The van der Waals surface area contributed by atoms with Crippen LogP contribution in [0.2, 0.25) is 5.02 Å². The standard InChI is InChI=1S/C19H16ClN3O4/c1-12-15(8-9-27-12)19(26)22-21-18(25)14-6-7-17(24)23(11-14)10-13-4-2-3-5-16(13)20/h2-9,11H,10H2,1H3,(H,21,25)(H,22,26). The lowest BCUT2D eigenvalue weighted by molar-refractivity contribution is 0.0845. The van der Waals surface area contributed by atoms with E-state index < -0.39 is 11.8 Å². The maximum Gasteiger partial charge on any atom is 0.273 e. The summed E-state index contributed by atoms with van der Waals surface area (Å²) in [6.07, 6.45) is 2.80. The Kier molecular flexibility index (Phi) is 5.42. The fourth-order valence-electron chi connectivity index (χ4n) is 2.47. The molecule has 8 heteroatoms. The minimum Gasteiger partial charge on any atom is -0.469 e. The molecule has 7 nitrogen and oxygen atoms in total. The number of aryl methyl sites for hydroxylation is 1. The summed E-state index contributed by atoms with van der Waals surface area (Å²) in [4.78, 5) is 36.4. The number of halogens is 1. The predicted octanol–water partition coefficient (Wildman–Crippen LogP) is 2.53. The maximum absolute atomic E-state index is 12.3. The lowest BCUT2D eigenvalue weighted by atomic mass is 10.2. The number of benzene rings is 1. The number of aromatic nitrogens is 1. The average molecular weight is 386 g/mol. The topological polar surface area (TPSA) is 93.3 Å². The van der Waals surface area contributed by atoms with Gasteiger partial charge in [0.15, 0.2) is 0 Å². The van der Waals surface area contributed by atoms with Crippen LogP contribution in [0.4, 0.5) is 0 Å². The highest BCUT2D eigenvalue weighted by Crippen LogP contribution is 2.15. The number of hydrogen-bond donors (Lipinski definition) is 2. The highest BCUT2D eigenvalue weighted by atomic mass is 35.5. The van der Waals surface area contributed by atoms with Crippen LogP contribution in [-0.2, 0) is 6.54 Å². The molecule has 2 N–H and O–H groups in total. The van der Waals surface area contributed by atoms with E-state index in [0.717, 1.165) is 5.56 Å². The molecule has 0 saturated heterocycles. The number of amides is 2. The molecule has 0 saturated carbocycles. The van der Waals surface area contributed by atoms with E-state index >= 15 is 0 Å². The smallest absolute Gasteiger partial charge is 0.273 e. The molecule has 0 aliphatic carbocycles. The molecule has 0 unspecified atom stereocenters. The van der Waals surface area contributed by atoms with E-state index in [1.54, 1.807) is 25.1 Å². The lowest BCUT2D eigenvalue weighted by Crippen LogP contribution is -2.42. The van der Waals surface area contributed by atoms with Crippen molar-refractivity contribution in [1.29, 1.82) is 0 Å². The van der Waals surface area contributed by atoms with Gasteiger partial charge < -0.3 is 8.98 Å². The first-order chi connectivity index (χ1) is 13.0. The first-order valence-corrected chi connectivity index (χ1v) is 8.42. The van der Waals surface area contributed by atoms with Crippen molar-refractivity contribution < 1.29 is 14.0 Å². The molecule has 3 aromatic rings. The molecule has 0 aliphatic heterocycles. The number of hydrazine groups is 1.